The van der Waals surface area contributed by atoms with Crippen molar-refractivity contribution >= 4 is 28.6 Å². The summed E-state index contributed by atoms with van der Waals surface area (Å²) in [5.74, 6) is -2.34. The van der Waals surface area contributed by atoms with Gasteiger partial charge >= 0.3 is 5.97 Å². The fourth-order valence-electron chi connectivity index (χ4n) is 4.86. The molecule has 1 fully saturated rings. The molecule has 0 aliphatic carbocycles. The summed E-state index contributed by atoms with van der Waals surface area (Å²) in [5, 5.41) is 12.1. The summed E-state index contributed by atoms with van der Waals surface area (Å²) >= 11 is 0. The highest BCUT2D eigenvalue weighted by Crippen LogP contribution is 2.23. The Hall–Kier alpha value is -4.04. The lowest BCUT2D eigenvalue weighted by molar-refractivity contribution is -0.160. The molecule has 3 aromatic carbocycles. The Morgan fingerprint density at radius 3 is 2.38 bits per heavy atom. The average molecular weight is 504 g/mol. The summed E-state index contributed by atoms with van der Waals surface area (Å²) in [5.41, 5.74) is 7.69. The number of rotatable bonds is 9. The maximum Gasteiger partial charge on any atom is 0.326 e. The zero-order valence-corrected chi connectivity index (χ0v) is 20.4. The fraction of sp³-hybridized carbons (Fsp3) is 0.276. The molecule has 0 spiro atoms. The van der Waals surface area contributed by atoms with Gasteiger partial charge in [-0.1, -0.05) is 60.7 Å². The number of benzene rings is 3. The Labute approximate surface area is 215 Å². The highest BCUT2D eigenvalue weighted by molar-refractivity contribution is 5.93. The minimum Gasteiger partial charge on any atom is -0.480 e. The zero-order chi connectivity index (χ0) is 26.5. The third-order valence-corrected chi connectivity index (χ3v) is 6.79. The van der Waals surface area contributed by atoms with Crippen molar-refractivity contribution in [1.29, 1.82) is 0 Å². The van der Waals surface area contributed by atoms with Crippen molar-refractivity contribution in [2.24, 2.45) is 5.73 Å². The van der Waals surface area contributed by atoms with Crippen LogP contribution in [0.5, 0.6) is 0 Å². The number of carbonyl (C=O) groups is 3. The number of hydrogen-bond acceptors (Lipinski definition) is 4. The molecular weight excluding hydrogens is 473 g/mol. The number of carboxylic acid groups (broad SMARTS) is 1. The largest absolute Gasteiger partial charge is 0.480 e. The van der Waals surface area contributed by atoms with E-state index in [0.717, 1.165) is 16.3 Å². The second-order valence-electron chi connectivity index (χ2n) is 9.28. The summed E-state index contributed by atoms with van der Waals surface area (Å²) in [4.78, 5) is 41.8. The number of aliphatic carboxylic acids is 1. The molecule has 8 heteroatoms. The van der Waals surface area contributed by atoms with Gasteiger partial charge in [-0.05, 0) is 46.9 Å². The summed E-state index contributed by atoms with van der Waals surface area (Å²) in [7, 11) is 0. The number of piperazine rings is 1. The third-order valence-electron chi connectivity index (χ3n) is 6.79. The highest BCUT2D eigenvalue weighted by Gasteiger charge is 2.42. The van der Waals surface area contributed by atoms with Crippen LogP contribution in [-0.2, 0) is 27.2 Å². The molecule has 0 aromatic heterocycles. The van der Waals surface area contributed by atoms with Crippen molar-refractivity contribution < 1.29 is 23.9 Å². The minimum absolute atomic E-state index is 0.0754. The Morgan fingerprint density at radius 2 is 1.70 bits per heavy atom. The number of nitrogens with two attached hydrogens (primary N) is 1. The van der Waals surface area contributed by atoms with Gasteiger partial charge < -0.3 is 20.6 Å². The van der Waals surface area contributed by atoms with Crippen LogP contribution in [-0.4, -0.2) is 63.9 Å². The lowest BCUT2D eigenvalue weighted by atomic mass is 9.97. The first-order valence-electron chi connectivity index (χ1n) is 12.2. The van der Waals surface area contributed by atoms with Gasteiger partial charge in [-0.3, -0.25) is 9.59 Å². The van der Waals surface area contributed by atoms with E-state index in [2.05, 4.69) is 6.58 Å². The van der Waals surface area contributed by atoms with Crippen LogP contribution in [0.1, 0.15) is 17.5 Å². The van der Waals surface area contributed by atoms with E-state index < -0.39 is 35.9 Å². The highest BCUT2D eigenvalue weighted by atomic mass is 19.1. The quantitative estimate of drug-likeness (QED) is 0.437. The average Bonchev–Trinajstić information content (AvgIpc) is 2.89. The van der Waals surface area contributed by atoms with Gasteiger partial charge in [0.05, 0.1) is 6.04 Å². The van der Waals surface area contributed by atoms with E-state index in [4.69, 9.17) is 5.73 Å². The molecule has 0 bridgehead atoms. The van der Waals surface area contributed by atoms with Crippen LogP contribution >= 0.6 is 0 Å². The summed E-state index contributed by atoms with van der Waals surface area (Å²) < 4.78 is 13.2. The predicted octanol–water partition coefficient (Wildman–Crippen LogP) is 3.16. The molecule has 4 rings (SSSR count). The van der Waals surface area contributed by atoms with Crippen molar-refractivity contribution in [3.8, 4) is 0 Å². The molecule has 1 heterocycles. The van der Waals surface area contributed by atoms with Crippen LogP contribution in [0, 0.1) is 5.82 Å². The van der Waals surface area contributed by atoms with Gasteiger partial charge in [-0.25, -0.2) is 9.18 Å². The fourth-order valence-corrected chi connectivity index (χ4v) is 4.86. The monoisotopic (exact) mass is 503 g/mol. The van der Waals surface area contributed by atoms with Crippen LogP contribution in [0.4, 0.5) is 4.39 Å². The molecule has 37 heavy (non-hydrogen) atoms. The molecule has 3 aromatic rings. The number of nitrogens with zero attached hydrogens (tertiary/aromatic N) is 2. The van der Waals surface area contributed by atoms with Gasteiger partial charge in [0.15, 0.2) is 0 Å². The number of halogens is 1. The van der Waals surface area contributed by atoms with Gasteiger partial charge in [0.1, 0.15) is 17.9 Å². The van der Waals surface area contributed by atoms with E-state index in [9.17, 15) is 23.9 Å². The standard InChI is InChI=1S/C29H30FN3O4/c1-2-5-25-28(35)33(15-14-32(25)27(34)24(31)17-19-9-12-23(30)13-10-19)26(29(36)37)18-20-8-11-21-6-3-4-7-22(21)16-20/h2-4,6-13,16,24-26H,1,5,14-15,17-18,31H2,(H,36,37). The molecule has 2 amide bonds. The molecule has 1 saturated heterocycles. The molecular formula is C29H30FN3O4. The SMILES string of the molecule is C=CCC1C(=O)N(C(Cc2ccc3ccccc3c2)C(=O)O)CCN1C(=O)C(N)Cc1ccc(F)cc1. The van der Waals surface area contributed by atoms with Crippen LogP contribution in [0.3, 0.4) is 0 Å². The van der Waals surface area contributed by atoms with Gasteiger partial charge in [0.25, 0.3) is 0 Å². The van der Waals surface area contributed by atoms with Crippen molar-refractivity contribution in [1.82, 2.24) is 9.80 Å². The van der Waals surface area contributed by atoms with Gasteiger partial charge in [-0.2, -0.15) is 0 Å². The van der Waals surface area contributed by atoms with E-state index in [-0.39, 0.29) is 38.2 Å². The van der Waals surface area contributed by atoms with E-state index >= 15 is 0 Å². The van der Waals surface area contributed by atoms with Crippen molar-refractivity contribution in [3.05, 3.63) is 96.3 Å². The number of carbonyl (C=O) groups excluding carboxylic acids is 2. The smallest absolute Gasteiger partial charge is 0.326 e. The first-order valence-corrected chi connectivity index (χ1v) is 12.2. The predicted molar refractivity (Wildman–Crippen MR) is 139 cm³/mol. The first kappa shape index (κ1) is 26.0. The van der Waals surface area contributed by atoms with Gasteiger partial charge in [-0.15, -0.1) is 6.58 Å². The number of hydrogen-bond donors (Lipinski definition) is 2. The Kier molecular flexibility index (Phi) is 7.98. The summed E-state index contributed by atoms with van der Waals surface area (Å²) in [6.07, 6.45) is 2.04. The van der Waals surface area contributed by atoms with Gasteiger partial charge in [0, 0.05) is 19.5 Å². The molecule has 3 unspecified atom stereocenters. The zero-order valence-electron chi connectivity index (χ0n) is 20.4. The van der Waals surface area contributed by atoms with Gasteiger partial charge in [0.2, 0.25) is 11.8 Å². The normalized spacial score (nSPS) is 17.5. The second kappa shape index (κ2) is 11.3. The molecule has 7 nitrogen and oxygen atoms in total. The number of amides is 2. The third kappa shape index (κ3) is 5.86. The Balaban J connectivity index is 1.51. The first-order chi connectivity index (χ1) is 17.8. The lowest BCUT2D eigenvalue weighted by Crippen LogP contribution is -2.64. The van der Waals surface area contributed by atoms with E-state index in [1.54, 1.807) is 12.1 Å². The van der Waals surface area contributed by atoms with E-state index in [1.807, 2.05) is 42.5 Å². The van der Waals surface area contributed by atoms with Crippen molar-refractivity contribution in [2.45, 2.75) is 37.4 Å². The lowest BCUT2D eigenvalue weighted by Gasteiger charge is -2.43. The van der Waals surface area contributed by atoms with Crippen LogP contribution in [0.15, 0.2) is 79.4 Å². The second-order valence-corrected chi connectivity index (χ2v) is 9.28. The molecule has 1 aliphatic rings. The molecule has 1 aliphatic heterocycles. The molecule has 3 atom stereocenters. The topological polar surface area (TPSA) is 104 Å². The summed E-state index contributed by atoms with van der Waals surface area (Å²) in [6.45, 7) is 3.94. The van der Waals surface area contributed by atoms with E-state index in [0.29, 0.717) is 5.56 Å². The number of carboxylic acids is 1. The molecule has 3 N–H and O–H groups in total. The molecule has 0 radical (unpaired) electrons. The van der Waals surface area contributed by atoms with Crippen LogP contribution < -0.4 is 5.73 Å². The van der Waals surface area contributed by atoms with Crippen molar-refractivity contribution in [2.75, 3.05) is 13.1 Å². The van der Waals surface area contributed by atoms with E-state index in [1.165, 1.54) is 28.0 Å². The Morgan fingerprint density at radius 1 is 1.03 bits per heavy atom. The maximum absolute atomic E-state index is 13.5. The summed E-state index contributed by atoms with van der Waals surface area (Å²) in [6, 6.07) is 16.4. The maximum atomic E-state index is 13.5. The van der Waals surface area contributed by atoms with Crippen LogP contribution in [0.2, 0.25) is 0 Å². The Bertz CT molecular complexity index is 1310. The molecule has 0 saturated carbocycles. The van der Waals surface area contributed by atoms with Crippen molar-refractivity contribution in [3.63, 3.8) is 0 Å². The van der Waals surface area contributed by atoms with Crippen LogP contribution in [0.25, 0.3) is 10.8 Å². The molecule has 192 valence electrons. The minimum atomic E-state index is -1.10. The number of fused-ring (bicyclic) bond motifs is 1.